The Morgan fingerprint density at radius 3 is 2.67 bits per heavy atom. The minimum atomic E-state index is -0.497. The zero-order chi connectivity index (χ0) is 21.9. The molecule has 0 unspecified atom stereocenters. The summed E-state index contributed by atoms with van der Waals surface area (Å²) in [5, 5.41) is -0.118. The lowest BCUT2D eigenvalue weighted by Crippen LogP contribution is -2.25. The van der Waals surface area contributed by atoms with Gasteiger partial charge >= 0.3 is 5.97 Å². The molecule has 2 atom stereocenters. The molecule has 30 heavy (non-hydrogen) atoms. The highest BCUT2D eigenvalue weighted by atomic mass is 35.5. The van der Waals surface area contributed by atoms with E-state index in [2.05, 4.69) is 4.98 Å². The van der Waals surface area contributed by atoms with Crippen molar-refractivity contribution in [1.29, 1.82) is 0 Å². The second-order valence-corrected chi connectivity index (χ2v) is 9.03. The lowest BCUT2D eigenvalue weighted by Gasteiger charge is -2.21. The van der Waals surface area contributed by atoms with E-state index in [-0.39, 0.29) is 23.1 Å². The van der Waals surface area contributed by atoms with Crippen LogP contribution in [0.1, 0.15) is 52.0 Å². The van der Waals surface area contributed by atoms with Crippen molar-refractivity contribution >= 4 is 23.3 Å². The van der Waals surface area contributed by atoms with E-state index in [9.17, 15) is 9.18 Å². The summed E-state index contributed by atoms with van der Waals surface area (Å²) in [4.78, 5) is 17.7. The predicted molar refractivity (Wildman–Crippen MR) is 116 cm³/mol. The number of benzene rings is 1. The number of aromatic nitrogens is 1. The number of esters is 1. The van der Waals surface area contributed by atoms with Gasteiger partial charge in [0.15, 0.2) is 11.0 Å². The smallest absolute Gasteiger partial charge is 0.306 e. The maximum absolute atomic E-state index is 14.2. The van der Waals surface area contributed by atoms with Crippen molar-refractivity contribution in [3.8, 4) is 5.75 Å². The van der Waals surface area contributed by atoms with E-state index in [0.29, 0.717) is 25.2 Å². The van der Waals surface area contributed by atoms with Gasteiger partial charge in [-0.05, 0) is 50.5 Å². The molecule has 1 aliphatic heterocycles. The van der Waals surface area contributed by atoms with Crippen molar-refractivity contribution in [2.75, 3.05) is 18.0 Å². The maximum Gasteiger partial charge on any atom is 0.306 e. The molecule has 0 spiro atoms. The molecule has 162 valence electrons. The number of nitrogens with zero attached hydrogens (tertiary/aromatic N) is 2. The number of hydrogen-bond acceptors (Lipinski definition) is 5. The normalized spacial score (nSPS) is 17.7. The molecule has 3 rings (SSSR count). The second kappa shape index (κ2) is 9.21. The second-order valence-electron chi connectivity index (χ2n) is 8.67. The summed E-state index contributed by atoms with van der Waals surface area (Å²) < 4.78 is 25.7. The van der Waals surface area contributed by atoms with Gasteiger partial charge < -0.3 is 14.4 Å². The van der Waals surface area contributed by atoms with Gasteiger partial charge in [0.25, 0.3) is 0 Å². The van der Waals surface area contributed by atoms with Crippen LogP contribution in [0.25, 0.3) is 0 Å². The Hall–Kier alpha value is -2.34. The third kappa shape index (κ3) is 5.85. The Balaban J connectivity index is 1.55. The summed E-state index contributed by atoms with van der Waals surface area (Å²) in [6.45, 7) is 8.86. The SMILES string of the molecule is C[C@H](CC(=O)OC(C)(C)C)c1ccc(O[C@@H]2CCN(c3ccnc(Cl)c3F)C2)cc1. The average Bonchev–Trinajstić information content (AvgIpc) is 3.11. The molecule has 2 heterocycles. The van der Waals surface area contributed by atoms with Gasteiger partial charge in [-0.2, -0.15) is 0 Å². The molecule has 0 radical (unpaired) electrons. The topological polar surface area (TPSA) is 51.7 Å². The molecule has 0 N–H and O–H groups in total. The molecule has 5 nitrogen and oxygen atoms in total. The van der Waals surface area contributed by atoms with Crippen LogP contribution in [0.4, 0.5) is 10.1 Å². The number of pyridine rings is 1. The highest BCUT2D eigenvalue weighted by Crippen LogP contribution is 2.29. The fourth-order valence-corrected chi connectivity index (χ4v) is 3.67. The van der Waals surface area contributed by atoms with Crippen molar-refractivity contribution < 1.29 is 18.7 Å². The zero-order valence-electron chi connectivity index (χ0n) is 17.8. The quantitative estimate of drug-likeness (QED) is 0.452. The van der Waals surface area contributed by atoms with Crippen LogP contribution in [0.2, 0.25) is 5.15 Å². The van der Waals surface area contributed by atoms with Gasteiger partial charge in [0.2, 0.25) is 0 Å². The van der Waals surface area contributed by atoms with E-state index >= 15 is 0 Å². The molecule has 1 aromatic carbocycles. The van der Waals surface area contributed by atoms with Crippen molar-refractivity contribution in [1.82, 2.24) is 4.98 Å². The molecule has 1 aromatic heterocycles. The summed E-state index contributed by atoms with van der Waals surface area (Å²) in [5.74, 6) is 0.103. The van der Waals surface area contributed by atoms with Crippen molar-refractivity contribution in [3.05, 3.63) is 53.1 Å². The number of hydrogen-bond donors (Lipinski definition) is 0. The third-order valence-electron chi connectivity index (χ3n) is 4.96. The zero-order valence-corrected chi connectivity index (χ0v) is 18.6. The van der Waals surface area contributed by atoms with Crippen LogP contribution >= 0.6 is 11.6 Å². The number of rotatable bonds is 6. The first-order valence-corrected chi connectivity index (χ1v) is 10.5. The summed E-state index contributed by atoms with van der Waals surface area (Å²) in [6.07, 6.45) is 2.58. The van der Waals surface area contributed by atoms with Gasteiger partial charge in [-0.1, -0.05) is 30.7 Å². The predicted octanol–water partition coefficient (Wildman–Crippen LogP) is 5.37. The minimum absolute atomic E-state index is 0.0404. The van der Waals surface area contributed by atoms with E-state index in [4.69, 9.17) is 21.1 Å². The van der Waals surface area contributed by atoms with Crippen molar-refractivity contribution in [2.24, 2.45) is 0 Å². The van der Waals surface area contributed by atoms with E-state index in [1.165, 1.54) is 6.20 Å². The van der Waals surface area contributed by atoms with E-state index in [0.717, 1.165) is 17.7 Å². The lowest BCUT2D eigenvalue weighted by molar-refractivity contribution is -0.155. The van der Waals surface area contributed by atoms with Crippen LogP contribution in [-0.2, 0) is 9.53 Å². The standard InChI is InChI=1S/C23H28ClFN2O3/c1-15(13-20(28)30-23(2,3)4)16-5-7-17(8-6-16)29-18-10-12-27(14-18)19-9-11-26-22(24)21(19)25/h5-9,11,15,18H,10,12-14H2,1-4H3/t15-,18-/m1/s1. The van der Waals surface area contributed by atoms with Crippen molar-refractivity contribution in [3.63, 3.8) is 0 Å². The Morgan fingerprint density at radius 2 is 2.00 bits per heavy atom. The highest BCUT2D eigenvalue weighted by molar-refractivity contribution is 6.29. The highest BCUT2D eigenvalue weighted by Gasteiger charge is 2.27. The lowest BCUT2D eigenvalue weighted by atomic mass is 9.98. The van der Waals surface area contributed by atoms with Gasteiger partial charge in [-0.15, -0.1) is 0 Å². The van der Waals surface area contributed by atoms with Gasteiger partial charge in [-0.25, -0.2) is 9.37 Å². The minimum Gasteiger partial charge on any atom is -0.489 e. The molecule has 0 aliphatic carbocycles. The fraction of sp³-hybridized carbons (Fsp3) is 0.478. The first kappa shape index (κ1) is 22.3. The molecule has 7 heteroatoms. The number of halogens is 2. The van der Waals surface area contributed by atoms with Crippen LogP contribution in [0.5, 0.6) is 5.75 Å². The fourth-order valence-electron chi connectivity index (χ4n) is 3.51. The maximum atomic E-state index is 14.2. The molecule has 0 bridgehead atoms. The van der Waals surface area contributed by atoms with Crippen LogP contribution < -0.4 is 9.64 Å². The first-order valence-electron chi connectivity index (χ1n) is 10.2. The van der Waals surface area contributed by atoms with Crippen LogP contribution in [0.3, 0.4) is 0 Å². The van der Waals surface area contributed by atoms with E-state index in [1.54, 1.807) is 6.07 Å². The van der Waals surface area contributed by atoms with Gasteiger partial charge in [0.05, 0.1) is 18.7 Å². The third-order valence-corrected chi connectivity index (χ3v) is 5.22. The Morgan fingerprint density at radius 1 is 1.30 bits per heavy atom. The number of carbonyl (C=O) groups excluding carboxylic acids is 1. The first-order chi connectivity index (χ1) is 14.1. The van der Waals surface area contributed by atoms with E-state index in [1.807, 2.05) is 56.9 Å². The molecular formula is C23H28ClFN2O3. The van der Waals surface area contributed by atoms with Gasteiger partial charge in [-0.3, -0.25) is 4.79 Å². The molecule has 0 saturated carbocycles. The Labute approximate surface area is 182 Å². The molecule has 2 aromatic rings. The van der Waals surface area contributed by atoms with Crippen LogP contribution in [0, 0.1) is 5.82 Å². The molecule has 1 saturated heterocycles. The summed E-state index contributed by atoms with van der Waals surface area (Å²) in [5.41, 5.74) is 1.02. The summed E-state index contributed by atoms with van der Waals surface area (Å²) >= 11 is 5.79. The average molecular weight is 435 g/mol. The molecule has 1 fully saturated rings. The van der Waals surface area contributed by atoms with Crippen LogP contribution in [-0.4, -0.2) is 35.7 Å². The summed E-state index contributed by atoms with van der Waals surface area (Å²) in [7, 11) is 0. The van der Waals surface area contributed by atoms with Crippen molar-refractivity contribution in [2.45, 2.75) is 58.2 Å². The van der Waals surface area contributed by atoms with E-state index < -0.39 is 11.4 Å². The Kier molecular flexibility index (Phi) is 6.86. The Bertz CT molecular complexity index is 883. The van der Waals surface area contributed by atoms with Crippen LogP contribution in [0.15, 0.2) is 36.5 Å². The largest absolute Gasteiger partial charge is 0.489 e. The molecule has 0 amide bonds. The number of carbonyl (C=O) groups is 1. The van der Waals surface area contributed by atoms with Gasteiger partial charge in [0.1, 0.15) is 17.5 Å². The van der Waals surface area contributed by atoms with Gasteiger partial charge in [0, 0.05) is 19.2 Å². The number of anilines is 1. The molecule has 1 aliphatic rings. The molecular weight excluding hydrogens is 407 g/mol. The number of ether oxygens (including phenoxy) is 2. The monoisotopic (exact) mass is 434 g/mol. The summed E-state index contributed by atoms with van der Waals surface area (Å²) in [6, 6.07) is 9.39.